The highest BCUT2D eigenvalue weighted by atomic mass is 19.1. The smallest absolute Gasteiger partial charge is 0.227 e. The number of nitrogens with zero attached hydrogens (tertiary/aromatic N) is 1. The van der Waals surface area contributed by atoms with Crippen molar-refractivity contribution >= 4 is 5.91 Å². The van der Waals surface area contributed by atoms with Crippen LogP contribution in [0.3, 0.4) is 0 Å². The number of rotatable bonds is 4. The van der Waals surface area contributed by atoms with Crippen LogP contribution in [0.2, 0.25) is 0 Å². The number of hydrogen-bond donors (Lipinski definition) is 0. The van der Waals surface area contributed by atoms with Crippen LogP contribution in [0.15, 0.2) is 18.2 Å². The molecule has 1 aromatic carbocycles. The Morgan fingerprint density at radius 3 is 2.83 bits per heavy atom. The van der Waals surface area contributed by atoms with E-state index in [1.54, 1.807) is 20.3 Å². The molecule has 5 heteroatoms. The third-order valence-electron chi connectivity index (χ3n) is 5.84. The molecular formula is C19H26FNO3. The van der Waals surface area contributed by atoms with Crippen LogP contribution >= 0.6 is 0 Å². The Morgan fingerprint density at radius 1 is 1.38 bits per heavy atom. The zero-order chi connectivity index (χ0) is 17.3. The Labute approximate surface area is 142 Å². The van der Waals surface area contributed by atoms with E-state index in [4.69, 9.17) is 9.47 Å². The molecule has 4 nitrogen and oxygen atoms in total. The Morgan fingerprint density at radius 2 is 2.17 bits per heavy atom. The van der Waals surface area contributed by atoms with Gasteiger partial charge in [-0.15, -0.1) is 0 Å². The fourth-order valence-electron chi connectivity index (χ4n) is 4.30. The van der Waals surface area contributed by atoms with E-state index in [9.17, 15) is 9.18 Å². The maximum Gasteiger partial charge on any atom is 0.227 e. The fourth-order valence-corrected chi connectivity index (χ4v) is 4.30. The topological polar surface area (TPSA) is 38.8 Å². The molecule has 1 saturated heterocycles. The second-order valence-electron chi connectivity index (χ2n) is 7.00. The minimum Gasteiger partial charge on any atom is -0.381 e. The van der Waals surface area contributed by atoms with Crippen LogP contribution in [0, 0.1) is 12.7 Å². The zero-order valence-electron chi connectivity index (χ0n) is 14.7. The summed E-state index contributed by atoms with van der Waals surface area (Å²) in [4.78, 5) is 14.9. The molecule has 1 aliphatic heterocycles. The number of carbonyl (C=O) groups excluding carboxylic acids is 1. The van der Waals surface area contributed by atoms with E-state index >= 15 is 0 Å². The van der Waals surface area contributed by atoms with Crippen LogP contribution in [-0.4, -0.2) is 49.3 Å². The summed E-state index contributed by atoms with van der Waals surface area (Å²) in [5, 5.41) is 0. The number of benzene rings is 1. The van der Waals surface area contributed by atoms with Gasteiger partial charge in [0.25, 0.3) is 0 Å². The van der Waals surface area contributed by atoms with Gasteiger partial charge in [-0.3, -0.25) is 4.79 Å². The summed E-state index contributed by atoms with van der Waals surface area (Å²) < 4.78 is 24.7. The zero-order valence-corrected chi connectivity index (χ0v) is 14.7. The number of carbonyl (C=O) groups is 1. The molecule has 0 unspecified atom stereocenters. The lowest BCUT2D eigenvalue weighted by atomic mass is 9.79. The molecule has 0 spiro atoms. The van der Waals surface area contributed by atoms with Crippen molar-refractivity contribution in [1.29, 1.82) is 0 Å². The van der Waals surface area contributed by atoms with Crippen LogP contribution in [0.5, 0.6) is 0 Å². The summed E-state index contributed by atoms with van der Waals surface area (Å²) in [6.07, 6.45) is 4.07. The maximum atomic E-state index is 13.3. The summed E-state index contributed by atoms with van der Waals surface area (Å²) in [7, 11) is 3.48. The molecule has 2 fully saturated rings. The van der Waals surface area contributed by atoms with E-state index in [1.165, 1.54) is 12.1 Å². The number of halogens is 1. The van der Waals surface area contributed by atoms with Gasteiger partial charge in [-0.1, -0.05) is 6.07 Å². The molecule has 0 aromatic heterocycles. The molecule has 1 aliphatic carbocycles. The molecule has 0 bridgehead atoms. The van der Waals surface area contributed by atoms with Gasteiger partial charge in [0, 0.05) is 20.8 Å². The van der Waals surface area contributed by atoms with Crippen LogP contribution in [0.25, 0.3) is 0 Å². The van der Waals surface area contributed by atoms with E-state index in [1.807, 2.05) is 11.8 Å². The van der Waals surface area contributed by atoms with E-state index < -0.39 is 0 Å². The lowest BCUT2D eigenvalue weighted by molar-refractivity contribution is -0.140. The summed E-state index contributed by atoms with van der Waals surface area (Å²) in [6, 6.07) is 4.67. The van der Waals surface area contributed by atoms with Gasteiger partial charge >= 0.3 is 0 Å². The Bertz CT molecular complexity index is 621. The third kappa shape index (κ3) is 3.07. The molecule has 1 amide bonds. The largest absolute Gasteiger partial charge is 0.381 e. The van der Waals surface area contributed by atoms with Gasteiger partial charge in [0.15, 0.2) is 0 Å². The molecular weight excluding hydrogens is 309 g/mol. The Hall–Kier alpha value is -1.46. The van der Waals surface area contributed by atoms with Crippen LogP contribution in [-0.2, 0) is 20.7 Å². The first-order valence-corrected chi connectivity index (χ1v) is 8.61. The van der Waals surface area contributed by atoms with Crippen molar-refractivity contribution in [3.63, 3.8) is 0 Å². The lowest BCUT2D eigenvalue weighted by Crippen LogP contribution is -2.53. The molecule has 1 aromatic rings. The van der Waals surface area contributed by atoms with Crippen molar-refractivity contribution in [1.82, 2.24) is 4.90 Å². The molecule has 0 radical (unpaired) electrons. The maximum absolute atomic E-state index is 13.3. The van der Waals surface area contributed by atoms with Gasteiger partial charge in [0.05, 0.1) is 24.2 Å². The molecule has 132 valence electrons. The van der Waals surface area contributed by atoms with Gasteiger partial charge in [-0.25, -0.2) is 4.39 Å². The first kappa shape index (κ1) is 17.4. The van der Waals surface area contributed by atoms with Crippen LogP contribution in [0.4, 0.5) is 4.39 Å². The predicted octanol–water partition coefficient (Wildman–Crippen LogP) is 2.86. The average molecular weight is 335 g/mol. The van der Waals surface area contributed by atoms with Gasteiger partial charge < -0.3 is 14.4 Å². The molecule has 3 rings (SSSR count). The number of hydrogen-bond acceptors (Lipinski definition) is 3. The molecule has 24 heavy (non-hydrogen) atoms. The summed E-state index contributed by atoms with van der Waals surface area (Å²) in [5.41, 5.74) is 1.47. The highest BCUT2D eigenvalue weighted by Crippen LogP contribution is 2.43. The highest BCUT2D eigenvalue weighted by Gasteiger charge is 2.52. The average Bonchev–Trinajstić information content (AvgIpc) is 2.96. The third-order valence-corrected chi connectivity index (χ3v) is 5.84. The molecule has 1 saturated carbocycles. The number of fused-ring (bicyclic) bond motifs is 1. The van der Waals surface area contributed by atoms with Crippen LogP contribution in [0.1, 0.15) is 36.8 Å². The van der Waals surface area contributed by atoms with E-state index in [2.05, 4.69) is 0 Å². The fraction of sp³-hybridized carbons (Fsp3) is 0.632. The number of ether oxygens (including phenoxy) is 2. The summed E-state index contributed by atoms with van der Waals surface area (Å²) >= 11 is 0. The molecule has 3 atom stereocenters. The van der Waals surface area contributed by atoms with Gasteiger partial charge in [0.1, 0.15) is 5.82 Å². The van der Waals surface area contributed by atoms with E-state index in [-0.39, 0.29) is 29.5 Å². The number of likely N-dealkylation sites (tertiary alicyclic amines) is 1. The van der Waals surface area contributed by atoms with Crippen molar-refractivity contribution in [3.05, 3.63) is 35.1 Å². The predicted molar refractivity (Wildman–Crippen MR) is 89.3 cm³/mol. The Kier molecular flexibility index (Phi) is 4.92. The summed E-state index contributed by atoms with van der Waals surface area (Å²) in [6.45, 7) is 2.56. The monoisotopic (exact) mass is 335 g/mol. The lowest BCUT2D eigenvalue weighted by Gasteiger charge is -2.43. The molecule has 0 N–H and O–H groups in total. The normalized spacial score (nSPS) is 29.6. The first-order valence-electron chi connectivity index (χ1n) is 8.61. The second kappa shape index (κ2) is 6.81. The quantitative estimate of drug-likeness (QED) is 0.849. The van der Waals surface area contributed by atoms with Crippen molar-refractivity contribution in [2.45, 2.75) is 56.8 Å². The summed E-state index contributed by atoms with van der Waals surface area (Å²) in [5.74, 6) is -0.177. The minimum absolute atomic E-state index is 0.0643. The highest BCUT2D eigenvalue weighted by molar-refractivity contribution is 5.80. The van der Waals surface area contributed by atoms with Crippen molar-refractivity contribution in [2.24, 2.45) is 0 Å². The molecule has 1 heterocycles. The van der Waals surface area contributed by atoms with Crippen molar-refractivity contribution < 1.29 is 18.7 Å². The first-order chi connectivity index (χ1) is 11.5. The van der Waals surface area contributed by atoms with Gasteiger partial charge in [-0.2, -0.15) is 0 Å². The SMILES string of the molecule is CO[C@H]1CC[C@@]2(OC)CCN(C(=O)Cc3ccc(F)cc3C)[C@H]2C1. The van der Waals surface area contributed by atoms with E-state index in [0.29, 0.717) is 13.0 Å². The van der Waals surface area contributed by atoms with Crippen molar-refractivity contribution in [2.75, 3.05) is 20.8 Å². The standard InChI is InChI=1S/C19H26FNO3/c1-13-10-15(20)5-4-14(13)11-18(22)21-9-8-19(24-3)7-6-16(23-2)12-17(19)21/h4-5,10,16-17H,6-9,11-12H2,1-3H3/t16-,17-,19+/m0/s1. The number of aryl methyl sites for hydroxylation is 1. The van der Waals surface area contributed by atoms with Crippen molar-refractivity contribution in [3.8, 4) is 0 Å². The Balaban J connectivity index is 1.77. The number of methoxy groups -OCH3 is 2. The second-order valence-corrected chi connectivity index (χ2v) is 7.00. The van der Waals surface area contributed by atoms with E-state index in [0.717, 1.165) is 36.8 Å². The molecule has 2 aliphatic rings. The van der Waals surface area contributed by atoms with Gasteiger partial charge in [0.2, 0.25) is 5.91 Å². The van der Waals surface area contributed by atoms with Crippen LogP contribution < -0.4 is 0 Å². The van der Waals surface area contributed by atoms with Gasteiger partial charge in [-0.05, 0) is 55.9 Å². The number of amides is 1. The minimum atomic E-state index is -0.265.